The van der Waals surface area contributed by atoms with E-state index in [4.69, 9.17) is 9.47 Å². The molecule has 2 amide bonds. The Balaban J connectivity index is 2.82. The SMILES string of the molecule is CCC(C)c1ccccc1NC(=O)C(=O)N(CCOC)CCOC. The number of methoxy groups -OCH3 is 2. The van der Waals surface area contributed by atoms with Crippen LogP contribution in [-0.2, 0) is 19.1 Å². The highest BCUT2D eigenvalue weighted by molar-refractivity contribution is 6.39. The molecule has 1 N–H and O–H groups in total. The molecule has 6 heteroatoms. The second-order valence-corrected chi connectivity index (χ2v) is 5.63. The predicted octanol–water partition coefficient (Wildman–Crippen LogP) is 2.26. The van der Waals surface area contributed by atoms with Gasteiger partial charge in [0.2, 0.25) is 0 Å². The number of carbonyl (C=O) groups excluding carboxylic acids is 2. The van der Waals surface area contributed by atoms with E-state index in [0.717, 1.165) is 12.0 Å². The summed E-state index contributed by atoms with van der Waals surface area (Å²) in [4.78, 5) is 26.2. The molecule has 0 spiro atoms. The van der Waals surface area contributed by atoms with Gasteiger partial charge in [0.25, 0.3) is 0 Å². The Bertz CT molecular complexity index is 526. The summed E-state index contributed by atoms with van der Waals surface area (Å²) < 4.78 is 10.00. The first-order chi connectivity index (χ1) is 11.5. The number of para-hydroxylation sites is 1. The van der Waals surface area contributed by atoms with Crippen LogP contribution in [0.2, 0.25) is 0 Å². The van der Waals surface area contributed by atoms with Gasteiger partial charge in [-0.15, -0.1) is 0 Å². The highest BCUT2D eigenvalue weighted by Crippen LogP contribution is 2.26. The van der Waals surface area contributed by atoms with Crippen molar-refractivity contribution in [3.05, 3.63) is 29.8 Å². The van der Waals surface area contributed by atoms with Gasteiger partial charge in [0.05, 0.1) is 13.2 Å². The molecule has 1 aromatic rings. The quantitative estimate of drug-likeness (QED) is 0.703. The molecule has 1 rings (SSSR count). The topological polar surface area (TPSA) is 67.9 Å². The predicted molar refractivity (Wildman–Crippen MR) is 94.1 cm³/mol. The fourth-order valence-corrected chi connectivity index (χ4v) is 2.30. The number of benzene rings is 1. The summed E-state index contributed by atoms with van der Waals surface area (Å²) in [5.74, 6) is -0.921. The van der Waals surface area contributed by atoms with Crippen LogP contribution >= 0.6 is 0 Å². The lowest BCUT2D eigenvalue weighted by Gasteiger charge is -2.22. The van der Waals surface area contributed by atoms with Gasteiger partial charge >= 0.3 is 11.8 Å². The number of hydrogen-bond donors (Lipinski definition) is 1. The van der Waals surface area contributed by atoms with Crippen LogP contribution in [0.3, 0.4) is 0 Å². The average molecular weight is 336 g/mol. The number of rotatable bonds is 9. The van der Waals surface area contributed by atoms with E-state index in [0.29, 0.717) is 37.9 Å². The largest absolute Gasteiger partial charge is 0.383 e. The molecule has 1 aromatic carbocycles. The van der Waals surface area contributed by atoms with E-state index in [9.17, 15) is 9.59 Å². The lowest BCUT2D eigenvalue weighted by molar-refractivity contribution is -0.144. The zero-order valence-electron chi connectivity index (χ0n) is 15.0. The maximum atomic E-state index is 12.4. The molecule has 0 aliphatic rings. The maximum absolute atomic E-state index is 12.4. The molecule has 0 fully saturated rings. The van der Waals surface area contributed by atoms with Gasteiger partial charge in [-0.05, 0) is 24.0 Å². The Kier molecular flexibility index (Phi) is 9.04. The number of nitrogens with one attached hydrogen (secondary N) is 1. The van der Waals surface area contributed by atoms with Crippen molar-refractivity contribution in [2.24, 2.45) is 0 Å². The molecule has 0 bridgehead atoms. The highest BCUT2D eigenvalue weighted by atomic mass is 16.5. The Morgan fingerprint density at radius 3 is 2.25 bits per heavy atom. The number of ether oxygens (including phenoxy) is 2. The van der Waals surface area contributed by atoms with Crippen LogP contribution in [0.15, 0.2) is 24.3 Å². The van der Waals surface area contributed by atoms with E-state index >= 15 is 0 Å². The van der Waals surface area contributed by atoms with Crippen LogP contribution < -0.4 is 5.32 Å². The minimum absolute atomic E-state index is 0.301. The first kappa shape index (κ1) is 20.1. The van der Waals surface area contributed by atoms with Crippen molar-refractivity contribution >= 4 is 17.5 Å². The summed E-state index contributed by atoms with van der Waals surface area (Å²) in [6.07, 6.45) is 0.953. The van der Waals surface area contributed by atoms with Crippen LogP contribution in [0.1, 0.15) is 31.7 Å². The fourth-order valence-electron chi connectivity index (χ4n) is 2.30. The average Bonchev–Trinajstić information content (AvgIpc) is 2.61. The Hall–Kier alpha value is -1.92. The van der Waals surface area contributed by atoms with Gasteiger partial charge in [-0.2, -0.15) is 0 Å². The van der Waals surface area contributed by atoms with Crippen LogP contribution in [0.4, 0.5) is 5.69 Å². The van der Waals surface area contributed by atoms with E-state index in [2.05, 4.69) is 19.2 Å². The van der Waals surface area contributed by atoms with Crippen LogP contribution in [0.25, 0.3) is 0 Å². The standard InChI is InChI=1S/C18H28N2O4/c1-5-14(2)15-8-6-7-9-16(15)19-17(21)18(22)20(10-12-23-3)11-13-24-4/h6-9,14H,5,10-13H2,1-4H3,(H,19,21). The molecule has 0 aliphatic heterocycles. The third-order valence-corrected chi connectivity index (χ3v) is 3.96. The molecule has 0 saturated carbocycles. The van der Waals surface area contributed by atoms with E-state index in [1.165, 1.54) is 4.90 Å². The summed E-state index contributed by atoms with van der Waals surface area (Å²) in [6.45, 7) is 5.61. The maximum Gasteiger partial charge on any atom is 0.313 e. The van der Waals surface area contributed by atoms with Crippen molar-refractivity contribution in [2.45, 2.75) is 26.2 Å². The normalized spacial score (nSPS) is 11.8. The second kappa shape index (κ2) is 10.8. The van der Waals surface area contributed by atoms with Crippen molar-refractivity contribution in [3.63, 3.8) is 0 Å². The summed E-state index contributed by atoms with van der Waals surface area (Å²) in [6, 6.07) is 7.57. The molecule has 0 aromatic heterocycles. The van der Waals surface area contributed by atoms with Gasteiger partial charge in [-0.1, -0.05) is 32.0 Å². The summed E-state index contributed by atoms with van der Waals surface area (Å²) in [5, 5.41) is 2.75. The van der Waals surface area contributed by atoms with Gasteiger partial charge < -0.3 is 19.7 Å². The minimum atomic E-state index is -0.641. The first-order valence-electron chi connectivity index (χ1n) is 8.22. The molecular weight excluding hydrogens is 308 g/mol. The molecule has 6 nitrogen and oxygen atoms in total. The molecular formula is C18H28N2O4. The molecule has 0 saturated heterocycles. The summed E-state index contributed by atoms with van der Waals surface area (Å²) in [5.41, 5.74) is 1.71. The molecule has 24 heavy (non-hydrogen) atoms. The Morgan fingerprint density at radius 1 is 1.12 bits per heavy atom. The van der Waals surface area contributed by atoms with E-state index in [1.807, 2.05) is 24.3 Å². The molecule has 1 atom stereocenters. The number of anilines is 1. The first-order valence-corrected chi connectivity index (χ1v) is 8.22. The Morgan fingerprint density at radius 2 is 1.71 bits per heavy atom. The van der Waals surface area contributed by atoms with Crippen LogP contribution in [-0.4, -0.2) is 57.2 Å². The summed E-state index contributed by atoms with van der Waals surface area (Å²) in [7, 11) is 3.11. The molecule has 134 valence electrons. The number of nitrogens with zero attached hydrogens (tertiary/aromatic N) is 1. The van der Waals surface area contributed by atoms with Crippen LogP contribution in [0.5, 0.6) is 0 Å². The van der Waals surface area contributed by atoms with Crippen molar-refractivity contribution in [3.8, 4) is 0 Å². The third kappa shape index (κ3) is 5.94. The van der Waals surface area contributed by atoms with Gasteiger partial charge in [0.1, 0.15) is 0 Å². The lowest BCUT2D eigenvalue weighted by Crippen LogP contribution is -2.43. The van der Waals surface area contributed by atoms with E-state index in [-0.39, 0.29) is 0 Å². The molecule has 0 heterocycles. The lowest BCUT2D eigenvalue weighted by atomic mass is 9.97. The highest BCUT2D eigenvalue weighted by Gasteiger charge is 2.22. The Labute approximate surface area is 144 Å². The van der Waals surface area contributed by atoms with Crippen molar-refractivity contribution in [1.29, 1.82) is 0 Å². The molecule has 1 unspecified atom stereocenters. The van der Waals surface area contributed by atoms with Crippen molar-refractivity contribution in [2.75, 3.05) is 45.8 Å². The van der Waals surface area contributed by atoms with E-state index < -0.39 is 11.8 Å². The smallest absolute Gasteiger partial charge is 0.313 e. The minimum Gasteiger partial charge on any atom is -0.383 e. The van der Waals surface area contributed by atoms with Gasteiger partial charge in [0.15, 0.2) is 0 Å². The zero-order chi connectivity index (χ0) is 17.9. The van der Waals surface area contributed by atoms with Crippen LogP contribution in [0, 0.1) is 0 Å². The third-order valence-electron chi connectivity index (χ3n) is 3.96. The second-order valence-electron chi connectivity index (χ2n) is 5.63. The van der Waals surface area contributed by atoms with E-state index in [1.54, 1.807) is 14.2 Å². The number of hydrogen-bond acceptors (Lipinski definition) is 4. The zero-order valence-corrected chi connectivity index (χ0v) is 15.0. The van der Waals surface area contributed by atoms with Gasteiger partial charge in [-0.3, -0.25) is 9.59 Å². The monoisotopic (exact) mass is 336 g/mol. The number of carbonyl (C=O) groups is 2. The van der Waals surface area contributed by atoms with Crippen molar-refractivity contribution < 1.29 is 19.1 Å². The molecule has 0 radical (unpaired) electrons. The van der Waals surface area contributed by atoms with Crippen molar-refractivity contribution in [1.82, 2.24) is 4.90 Å². The fraction of sp³-hybridized carbons (Fsp3) is 0.556. The van der Waals surface area contributed by atoms with Gasteiger partial charge in [0, 0.05) is 33.0 Å². The summed E-state index contributed by atoms with van der Waals surface area (Å²) >= 11 is 0. The molecule has 0 aliphatic carbocycles. The number of amides is 2. The van der Waals surface area contributed by atoms with Gasteiger partial charge in [-0.25, -0.2) is 0 Å².